The maximum atomic E-state index is 12.3. The molecule has 2 aliphatic rings. The van der Waals surface area contributed by atoms with Crippen molar-refractivity contribution in [1.82, 2.24) is 15.2 Å². The molecule has 3 rings (SSSR count). The molecule has 0 aliphatic carbocycles. The molecule has 2 atom stereocenters. The van der Waals surface area contributed by atoms with Gasteiger partial charge in [-0.25, -0.2) is 0 Å². The molecule has 138 valence electrons. The fourth-order valence-electron chi connectivity index (χ4n) is 2.64. The summed E-state index contributed by atoms with van der Waals surface area (Å²) < 4.78 is 0. The fraction of sp³-hybridized carbons (Fsp3) is 0.308. The summed E-state index contributed by atoms with van der Waals surface area (Å²) in [6.07, 6.45) is 0. The molecule has 1 fully saturated rings. The summed E-state index contributed by atoms with van der Waals surface area (Å²) in [5.74, 6) is -2.94. The van der Waals surface area contributed by atoms with E-state index in [0.717, 1.165) is 16.2 Å². The molecule has 27 heavy (non-hydrogen) atoms. The zero-order chi connectivity index (χ0) is 19.0. The van der Waals surface area contributed by atoms with Gasteiger partial charge in [-0.05, 0) is 5.57 Å². The molecule has 1 saturated heterocycles. The van der Waals surface area contributed by atoms with E-state index in [1.165, 1.54) is 17.1 Å². The van der Waals surface area contributed by atoms with Crippen LogP contribution in [0.1, 0.15) is 5.69 Å². The maximum absolute atomic E-state index is 12.3. The maximum Gasteiger partial charge on any atom is 1.00 e. The van der Waals surface area contributed by atoms with Crippen molar-refractivity contribution >= 4 is 46.6 Å². The van der Waals surface area contributed by atoms with Crippen molar-refractivity contribution in [2.24, 2.45) is 5.16 Å². The Morgan fingerprint density at radius 3 is 2.74 bits per heavy atom. The number of carbonyl (C=O) groups is 3. The monoisotopic (exact) mass is 421 g/mol. The molecular formula is C13H12N5NaO6S2. The molecule has 0 spiro atoms. The van der Waals surface area contributed by atoms with Crippen molar-refractivity contribution in [2.75, 3.05) is 12.4 Å². The summed E-state index contributed by atoms with van der Waals surface area (Å²) in [5, 5.41) is 43.0. The second kappa shape index (κ2) is 8.58. The molecule has 0 saturated carbocycles. The molecule has 11 nitrogen and oxygen atoms in total. The first-order chi connectivity index (χ1) is 12.4. The number of aromatic amines is 1. The molecule has 2 aliphatic heterocycles. The summed E-state index contributed by atoms with van der Waals surface area (Å²) in [6, 6.07) is -1.02. The number of hydrogen-bond acceptors (Lipinski definition) is 10. The number of aliphatic hydroxyl groups excluding tert-OH is 1. The molecule has 1 aromatic heterocycles. The van der Waals surface area contributed by atoms with Crippen molar-refractivity contribution in [2.45, 2.75) is 11.4 Å². The number of thiazole rings is 1. The van der Waals surface area contributed by atoms with Gasteiger partial charge in [-0.15, -0.1) is 23.1 Å². The molecule has 0 bridgehead atoms. The Morgan fingerprint density at radius 1 is 1.52 bits per heavy atom. The molecule has 0 radical (unpaired) electrons. The molecular weight excluding hydrogens is 409 g/mol. The summed E-state index contributed by atoms with van der Waals surface area (Å²) in [4.78, 5) is 39.4. The molecule has 2 amide bonds. The number of aliphatic hydroxyl groups is 1. The summed E-state index contributed by atoms with van der Waals surface area (Å²) in [5.41, 5.74) is -0.512. The van der Waals surface area contributed by atoms with E-state index in [-0.39, 0.29) is 57.1 Å². The number of carbonyl (C=O) groups excluding carboxylic acids is 3. The minimum Gasteiger partial charge on any atom is -0.543 e. The van der Waals surface area contributed by atoms with Crippen LogP contribution in [-0.2, 0) is 14.4 Å². The first kappa shape index (κ1) is 21.7. The number of thioether (sulfide) groups is 1. The number of nitrogens with one attached hydrogen (secondary N) is 3. The van der Waals surface area contributed by atoms with E-state index in [9.17, 15) is 24.6 Å². The third kappa shape index (κ3) is 3.83. The molecule has 0 aromatic carbocycles. The number of aliphatic carboxylic acids is 1. The summed E-state index contributed by atoms with van der Waals surface area (Å²) in [6.45, 7) is -0.519. The molecule has 14 heteroatoms. The SMILES string of the molecule is N=c1[nH]c(/C(=N/O)C(=O)NC2C(=O)N3C(C(=O)[O-])=C(CO)CS[C@H]23)cs1.[Na+]. The van der Waals surface area contributed by atoms with Crippen LogP contribution in [0.25, 0.3) is 0 Å². The van der Waals surface area contributed by atoms with Crippen LogP contribution in [-0.4, -0.2) is 67.5 Å². The first-order valence-electron chi connectivity index (χ1n) is 7.13. The van der Waals surface area contributed by atoms with Crippen LogP contribution in [0.4, 0.5) is 0 Å². The van der Waals surface area contributed by atoms with Gasteiger partial charge in [-0.3, -0.25) is 19.9 Å². The number of carboxylic acids is 1. The van der Waals surface area contributed by atoms with Gasteiger partial charge < -0.3 is 30.5 Å². The van der Waals surface area contributed by atoms with Crippen molar-refractivity contribution in [1.29, 1.82) is 5.41 Å². The quantitative estimate of drug-likeness (QED) is 0.103. The number of oxime groups is 1. The standard InChI is InChI=1S/C13H13N5O6S2.Na/c14-13-15-5(3-26-13)6(17-24)9(20)16-7-10(21)18-8(12(22)23)4(1-19)2-25-11(7)18;/h3,7,11,19,24H,1-2H2,(H2,14,15)(H,16,20)(H,22,23);/q;+1/p-1/b17-6-;/t7?,11-;/m1./s1. The normalized spacial score (nSPS) is 21.9. The van der Waals surface area contributed by atoms with Crippen molar-refractivity contribution in [3.63, 3.8) is 0 Å². The predicted molar refractivity (Wildman–Crippen MR) is 87.0 cm³/mol. The molecule has 1 unspecified atom stereocenters. The predicted octanol–water partition coefficient (Wildman–Crippen LogP) is -5.87. The number of H-pyrrole nitrogens is 1. The van der Waals surface area contributed by atoms with E-state index in [1.54, 1.807) is 0 Å². The van der Waals surface area contributed by atoms with Crippen molar-refractivity contribution in [3.8, 4) is 0 Å². The average Bonchev–Trinajstić information content (AvgIpc) is 3.04. The van der Waals surface area contributed by atoms with Gasteiger partial charge in [0.1, 0.15) is 11.4 Å². The summed E-state index contributed by atoms with van der Waals surface area (Å²) >= 11 is 2.17. The van der Waals surface area contributed by atoms with Gasteiger partial charge in [-0.1, -0.05) is 5.16 Å². The molecule has 3 heterocycles. The largest absolute Gasteiger partial charge is 1.00 e. The van der Waals surface area contributed by atoms with E-state index in [2.05, 4.69) is 15.5 Å². The van der Waals surface area contributed by atoms with Gasteiger partial charge in [0, 0.05) is 11.1 Å². The van der Waals surface area contributed by atoms with Crippen LogP contribution in [0, 0.1) is 5.41 Å². The van der Waals surface area contributed by atoms with Gasteiger partial charge in [-0.2, -0.15) is 0 Å². The number of fused-ring (bicyclic) bond motifs is 1. The fourth-order valence-corrected chi connectivity index (χ4v) is 4.55. The Balaban J connectivity index is 0.00000261. The van der Waals surface area contributed by atoms with Gasteiger partial charge in [0.25, 0.3) is 11.8 Å². The number of aromatic nitrogens is 1. The van der Waals surface area contributed by atoms with Gasteiger partial charge in [0.05, 0.1) is 24.0 Å². The topological polar surface area (TPSA) is 182 Å². The number of hydrogen-bond donors (Lipinski definition) is 5. The minimum atomic E-state index is -1.58. The van der Waals surface area contributed by atoms with Crippen LogP contribution in [0.2, 0.25) is 0 Å². The van der Waals surface area contributed by atoms with Crippen LogP contribution in [0.15, 0.2) is 21.8 Å². The average molecular weight is 421 g/mol. The van der Waals surface area contributed by atoms with E-state index in [1.807, 2.05) is 0 Å². The third-order valence-electron chi connectivity index (χ3n) is 3.83. The van der Waals surface area contributed by atoms with E-state index >= 15 is 0 Å². The zero-order valence-corrected chi connectivity index (χ0v) is 17.5. The van der Waals surface area contributed by atoms with Crippen LogP contribution < -0.4 is 44.8 Å². The number of β-lactam (4-membered cyclic amide) rings is 1. The smallest absolute Gasteiger partial charge is 0.543 e. The van der Waals surface area contributed by atoms with Crippen LogP contribution in [0.3, 0.4) is 0 Å². The number of carboxylic acid groups (broad SMARTS) is 1. The number of nitrogens with zero attached hydrogens (tertiary/aromatic N) is 2. The van der Waals surface area contributed by atoms with Crippen molar-refractivity contribution < 1.29 is 59.4 Å². The molecule has 1 aromatic rings. The van der Waals surface area contributed by atoms with Crippen molar-refractivity contribution in [3.05, 3.63) is 27.1 Å². The van der Waals surface area contributed by atoms with Crippen LogP contribution in [0.5, 0.6) is 0 Å². The summed E-state index contributed by atoms with van der Waals surface area (Å²) in [7, 11) is 0. The second-order valence-electron chi connectivity index (χ2n) is 5.31. The van der Waals surface area contributed by atoms with E-state index in [4.69, 9.17) is 10.6 Å². The zero-order valence-electron chi connectivity index (χ0n) is 13.9. The first-order valence-corrected chi connectivity index (χ1v) is 9.06. The second-order valence-corrected chi connectivity index (χ2v) is 7.30. The van der Waals surface area contributed by atoms with Crippen LogP contribution >= 0.6 is 23.1 Å². The Hall–Kier alpha value is -1.64. The van der Waals surface area contributed by atoms with E-state index < -0.39 is 41.5 Å². The Kier molecular flexibility index (Phi) is 6.88. The Labute approximate surface area is 181 Å². The minimum absolute atomic E-state index is 0. The van der Waals surface area contributed by atoms with Gasteiger partial charge in [0.2, 0.25) is 0 Å². The van der Waals surface area contributed by atoms with E-state index in [0.29, 0.717) is 0 Å². The number of amides is 2. The third-order valence-corrected chi connectivity index (χ3v) is 5.86. The number of rotatable bonds is 5. The Bertz CT molecular complexity index is 909. The molecule has 5 N–H and O–H groups in total. The Morgan fingerprint density at radius 2 is 2.22 bits per heavy atom. The van der Waals surface area contributed by atoms with Gasteiger partial charge in [0.15, 0.2) is 10.5 Å². The van der Waals surface area contributed by atoms with Gasteiger partial charge >= 0.3 is 29.6 Å².